The van der Waals surface area contributed by atoms with Crippen molar-refractivity contribution in [3.63, 3.8) is 0 Å². The van der Waals surface area contributed by atoms with Crippen LogP contribution in [0.2, 0.25) is 0 Å². The summed E-state index contributed by atoms with van der Waals surface area (Å²) in [6.07, 6.45) is 16.9. The Balaban J connectivity index is 1.63. The molecule has 0 fully saturated rings. The van der Waals surface area contributed by atoms with Gasteiger partial charge in [0.1, 0.15) is 13.4 Å². The van der Waals surface area contributed by atoms with Crippen LogP contribution in [0.4, 0.5) is 5.82 Å². The molecule has 0 aliphatic heterocycles. The number of hydrogen-bond donors (Lipinski definition) is 2. The van der Waals surface area contributed by atoms with Gasteiger partial charge in [-0.05, 0) is 43.5 Å². The monoisotopic (exact) mass is 566 g/mol. The molecule has 11 heteroatoms. The largest absolute Gasteiger partial charge is 0.381 e. The molecule has 0 aliphatic rings. The Hall–Kier alpha value is -5.81. The standard InChI is InChI=1S/C32H27BN8O2/c1-5-6-7-8-9-17-40-25(32(3,33)37-30(42)27-28(34)38-41-18-11-16-35-29(27)41)19-23-13-10-12-22(26(23)31(40)43)14-15-24-20-36-39(4)21(24)2/h1,6-13,16,18-20H,17H2,2-4H3,(H2,34,38)(H,37,42)/b7-6-,9-8-/t32-/m0/s1. The molecule has 2 radical (unpaired) electrons. The summed E-state index contributed by atoms with van der Waals surface area (Å²) in [5.41, 5.74) is 7.17. The van der Waals surface area contributed by atoms with E-state index in [9.17, 15) is 9.59 Å². The van der Waals surface area contributed by atoms with E-state index < -0.39 is 11.3 Å². The van der Waals surface area contributed by atoms with Crippen molar-refractivity contribution in [3.05, 3.63) is 112 Å². The Kier molecular flexibility index (Phi) is 7.74. The summed E-state index contributed by atoms with van der Waals surface area (Å²) in [5.74, 6) is 8.10. The van der Waals surface area contributed by atoms with Crippen LogP contribution in [0.15, 0.2) is 78.0 Å². The van der Waals surface area contributed by atoms with Crippen LogP contribution >= 0.6 is 0 Å². The number of pyridine rings is 1. The van der Waals surface area contributed by atoms with Crippen molar-refractivity contribution in [1.29, 1.82) is 0 Å². The number of anilines is 1. The van der Waals surface area contributed by atoms with Gasteiger partial charge in [-0.15, -0.1) is 11.5 Å². The van der Waals surface area contributed by atoms with Gasteiger partial charge in [0, 0.05) is 42.7 Å². The number of allylic oxidation sites excluding steroid dienone is 4. The lowest BCUT2D eigenvalue weighted by molar-refractivity contribution is 0.0931. The highest BCUT2D eigenvalue weighted by Crippen LogP contribution is 2.25. The van der Waals surface area contributed by atoms with Crippen LogP contribution in [0.3, 0.4) is 0 Å². The van der Waals surface area contributed by atoms with Gasteiger partial charge in [-0.3, -0.25) is 14.3 Å². The topological polar surface area (TPSA) is 125 Å². The maximum atomic E-state index is 14.1. The predicted molar refractivity (Wildman–Crippen MR) is 167 cm³/mol. The molecule has 5 aromatic rings. The molecule has 1 aromatic carbocycles. The number of rotatable bonds is 6. The first kappa shape index (κ1) is 28.7. The van der Waals surface area contributed by atoms with Crippen molar-refractivity contribution < 1.29 is 4.79 Å². The molecule has 0 unspecified atom stereocenters. The molecule has 4 aromatic heterocycles. The van der Waals surface area contributed by atoms with Crippen molar-refractivity contribution >= 4 is 36.0 Å². The zero-order valence-electron chi connectivity index (χ0n) is 23.9. The molecular formula is C32H27BN8O2. The SMILES string of the molecule is [B][C@@](C)(NC(=O)c1c(N)nn2cccnc12)c1cc2cccc(C#Cc3cnn(C)c3C)c2c(=O)n1C/C=C\C=C/C#C. The van der Waals surface area contributed by atoms with Gasteiger partial charge in [0.05, 0.1) is 22.8 Å². The Bertz CT molecular complexity index is 2110. The number of hydrogen-bond acceptors (Lipinski definition) is 6. The molecular weight excluding hydrogens is 539 g/mol. The summed E-state index contributed by atoms with van der Waals surface area (Å²) in [6.45, 7) is 3.67. The summed E-state index contributed by atoms with van der Waals surface area (Å²) in [5, 5.41) is 12.3. The van der Waals surface area contributed by atoms with Gasteiger partial charge < -0.3 is 15.6 Å². The normalized spacial score (nSPS) is 12.8. The fraction of sp³-hybridized carbons (Fsp3) is 0.156. The number of fused-ring (bicyclic) bond motifs is 2. The van der Waals surface area contributed by atoms with Crippen LogP contribution in [0, 0.1) is 31.1 Å². The summed E-state index contributed by atoms with van der Waals surface area (Å²) in [7, 11) is 8.60. The Labute approximate surface area is 249 Å². The Morgan fingerprint density at radius 2 is 2.02 bits per heavy atom. The molecule has 43 heavy (non-hydrogen) atoms. The smallest absolute Gasteiger partial charge is 0.260 e. The highest BCUT2D eigenvalue weighted by Gasteiger charge is 2.30. The van der Waals surface area contributed by atoms with Gasteiger partial charge in [0.25, 0.3) is 11.5 Å². The molecule has 3 N–H and O–H groups in total. The zero-order chi connectivity index (χ0) is 30.7. The number of aromatic nitrogens is 6. The zero-order valence-corrected chi connectivity index (χ0v) is 23.9. The Morgan fingerprint density at radius 3 is 2.77 bits per heavy atom. The number of nitrogens with two attached hydrogens (primary N) is 1. The quantitative estimate of drug-likeness (QED) is 0.185. The summed E-state index contributed by atoms with van der Waals surface area (Å²) < 4.78 is 4.65. The number of terminal acetylenes is 1. The van der Waals surface area contributed by atoms with Crippen LogP contribution in [0.25, 0.3) is 16.4 Å². The van der Waals surface area contributed by atoms with Crippen molar-refractivity contribution in [2.45, 2.75) is 25.8 Å². The average Bonchev–Trinajstić information content (AvgIpc) is 3.49. The third kappa shape index (κ3) is 5.57. The van der Waals surface area contributed by atoms with Crippen molar-refractivity contribution in [3.8, 4) is 24.2 Å². The summed E-state index contributed by atoms with van der Waals surface area (Å²) >= 11 is 0. The molecule has 1 atom stereocenters. The molecule has 0 saturated heterocycles. The van der Waals surface area contributed by atoms with Gasteiger partial charge in [0.2, 0.25) is 0 Å². The molecule has 4 heterocycles. The number of nitrogens with one attached hydrogen (secondary N) is 1. The number of aryl methyl sites for hydroxylation is 1. The maximum Gasteiger partial charge on any atom is 0.260 e. The molecule has 210 valence electrons. The first-order valence-electron chi connectivity index (χ1n) is 13.3. The highest BCUT2D eigenvalue weighted by molar-refractivity contribution is 6.18. The highest BCUT2D eigenvalue weighted by atomic mass is 16.2. The maximum absolute atomic E-state index is 14.1. The third-order valence-electron chi connectivity index (χ3n) is 6.99. The van der Waals surface area contributed by atoms with Gasteiger partial charge in [-0.25, -0.2) is 9.50 Å². The van der Waals surface area contributed by atoms with Crippen LogP contribution in [0.1, 0.15) is 39.8 Å². The minimum Gasteiger partial charge on any atom is -0.381 e. The van der Waals surface area contributed by atoms with Crippen LogP contribution in [-0.2, 0) is 19.0 Å². The van der Waals surface area contributed by atoms with Gasteiger partial charge in [0.15, 0.2) is 11.5 Å². The first-order chi connectivity index (χ1) is 20.6. The molecule has 0 bridgehead atoms. The van der Waals surface area contributed by atoms with E-state index in [1.165, 1.54) is 21.4 Å². The molecule has 0 saturated carbocycles. The minimum atomic E-state index is -1.52. The molecule has 0 aliphatic carbocycles. The lowest BCUT2D eigenvalue weighted by Crippen LogP contribution is -2.47. The van der Waals surface area contributed by atoms with Gasteiger partial charge in [-0.1, -0.05) is 48.1 Å². The molecule has 1 amide bonds. The van der Waals surface area contributed by atoms with E-state index in [0.29, 0.717) is 22.0 Å². The second-order valence-electron chi connectivity index (χ2n) is 9.99. The van der Waals surface area contributed by atoms with E-state index in [0.717, 1.165) is 11.3 Å². The predicted octanol–water partition coefficient (Wildman–Crippen LogP) is 2.58. The third-order valence-corrected chi connectivity index (χ3v) is 6.99. The number of amides is 1. The van der Waals surface area contributed by atoms with Crippen LogP contribution in [-0.4, -0.2) is 42.7 Å². The number of benzene rings is 1. The minimum absolute atomic E-state index is 0.00166. The second-order valence-corrected chi connectivity index (χ2v) is 9.99. The number of nitrogens with zero attached hydrogens (tertiary/aromatic N) is 6. The van der Waals surface area contributed by atoms with E-state index in [-0.39, 0.29) is 29.1 Å². The van der Waals surface area contributed by atoms with Crippen LogP contribution in [0.5, 0.6) is 0 Å². The fourth-order valence-corrected chi connectivity index (χ4v) is 4.71. The van der Waals surface area contributed by atoms with E-state index >= 15 is 0 Å². The van der Waals surface area contributed by atoms with Gasteiger partial charge >= 0.3 is 0 Å². The lowest BCUT2D eigenvalue weighted by atomic mass is 9.75. The lowest BCUT2D eigenvalue weighted by Gasteiger charge is -2.30. The van der Waals surface area contributed by atoms with E-state index in [2.05, 4.69) is 38.3 Å². The van der Waals surface area contributed by atoms with E-state index in [4.69, 9.17) is 20.0 Å². The first-order valence-corrected chi connectivity index (χ1v) is 13.3. The fourth-order valence-electron chi connectivity index (χ4n) is 4.71. The van der Waals surface area contributed by atoms with E-state index in [1.807, 2.05) is 26.1 Å². The van der Waals surface area contributed by atoms with Crippen LogP contribution < -0.4 is 16.6 Å². The number of carbonyl (C=O) groups excluding carboxylic acids is 1. The summed E-state index contributed by atoms with van der Waals surface area (Å²) in [6, 6.07) is 8.87. The van der Waals surface area contributed by atoms with E-state index in [1.54, 1.807) is 60.4 Å². The summed E-state index contributed by atoms with van der Waals surface area (Å²) in [4.78, 5) is 31.9. The molecule has 10 nitrogen and oxygen atoms in total. The van der Waals surface area contributed by atoms with Crippen molar-refractivity contribution in [1.82, 2.24) is 34.3 Å². The number of carbonyl (C=O) groups is 1. The Morgan fingerprint density at radius 1 is 1.23 bits per heavy atom. The molecule has 5 rings (SSSR count). The van der Waals surface area contributed by atoms with Gasteiger partial charge in [-0.2, -0.15) is 5.10 Å². The number of nitrogen functional groups attached to an aromatic ring is 1. The van der Waals surface area contributed by atoms with Crippen molar-refractivity contribution in [2.75, 3.05) is 5.73 Å². The molecule has 0 spiro atoms. The average molecular weight is 566 g/mol. The second kappa shape index (κ2) is 11.6. The van der Waals surface area contributed by atoms with Crippen molar-refractivity contribution in [2.24, 2.45) is 7.05 Å².